The third-order valence-electron chi connectivity index (χ3n) is 1.71. The van der Waals surface area contributed by atoms with Crippen molar-refractivity contribution in [1.82, 2.24) is 0 Å². The summed E-state index contributed by atoms with van der Waals surface area (Å²) in [6.45, 7) is 0. The number of hydrogen-bond acceptors (Lipinski definition) is 2. The van der Waals surface area contributed by atoms with E-state index in [2.05, 4.69) is 46.9 Å². The molecule has 0 amide bonds. The van der Waals surface area contributed by atoms with Crippen LogP contribution in [0.3, 0.4) is 0 Å². The molecular weight excluding hydrogens is 178 g/mol. The molecule has 0 saturated heterocycles. The van der Waals surface area contributed by atoms with Gasteiger partial charge in [0.1, 0.15) is 0 Å². The van der Waals surface area contributed by atoms with E-state index in [1.54, 1.807) is 0 Å². The van der Waals surface area contributed by atoms with E-state index in [1.807, 2.05) is 14.1 Å². The zero-order valence-corrected chi connectivity index (χ0v) is 9.48. The van der Waals surface area contributed by atoms with Crippen molar-refractivity contribution in [2.45, 2.75) is 0 Å². The van der Waals surface area contributed by atoms with E-state index in [4.69, 9.17) is 0 Å². The first kappa shape index (κ1) is 10.2. The first-order valence-corrected chi connectivity index (χ1v) is 6.25. The van der Waals surface area contributed by atoms with Crippen LogP contribution in [0.25, 0.3) is 0 Å². The number of nitrogens with zero attached hydrogens (tertiary/aromatic N) is 1. The van der Waals surface area contributed by atoms with Gasteiger partial charge in [0.15, 0.2) is 0 Å². The van der Waals surface area contributed by atoms with Crippen LogP contribution in [-0.4, -0.2) is 26.6 Å². The van der Waals surface area contributed by atoms with E-state index in [1.165, 1.54) is 11.3 Å². The van der Waals surface area contributed by atoms with Crippen LogP contribution in [0.2, 0.25) is 0 Å². The largest absolute Gasteiger partial charge is 0.455 e. The highest BCUT2D eigenvalue weighted by atomic mass is 32.2. The van der Waals surface area contributed by atoms with Crippen molar-refractivity contribution in [2.75, 3.05) is 31.5 Å². The van der Waals surface area contributed by atoms with Crippen molar-refractivity contribution in [3.05, 3.63) is 29.8 Å². The minimum Gasteiger partial charge on any atom is -0.455 e. The van der Waals surface area contributed by atoms with Gasteiger partial charge in [-0.15, -0.1) is 12.5 Å². The summed E-state index contributed by atoms with van der Waals surface area (Å²) in [5, 5.41) is 3.38. The Labute approximate surface area is 82.9 Å². The van der Waals surface area contributed by atoms with Crippen molar-refractivity contribution in [2.24, 2.45) is 0 Å². The predicted molar refractivity (Wildman–Crippen MR) is 63.0 cm³/mol. The molecule has 1 aromatic carbocycles. The molecule has 0 aliphatic carbocycles. The molecule has 0 unspecified atom stereocenters. The second-order valence-corrected chi connectivity index (χ2v) is 5.20. The van der Waals surface area contributed by atoms with Gasteiger partial charge in [0.05, 0.1) is 0 Å². The van der Waals surface area contributed by atoms with E-state index in [9.17, 15) is 0 Å². The Bertz CT molecular complexity index is 345. The van der Waals surface area contributed by atoms with Gasteiger partial charge in [0, 0.05) is 19.8 Å². The summed E-state index contributed by atoms with van der Waals surface area (Å²) < 4.78 is 0. The molecule has 0 radical (unpaired) electrons. The number of anilines is 1. The highest BCUT2D eigenvalue weighted by Crippen LogP contribution is 2.11. The Hall–Kier alpha value is -0.850. The molecule has 2 heteroatoms. The molecule has 1 aromatic rings. The topological polar surface area (TPSA) is 3.24 Å². The summed E-state index contributed by atoms with van der Waals surface area (Å²) in [4.78, 5) is 2.10. The monoisotopic (exact) mass is 194 g/mol. The van der Waals surface area contributed by atoms with Gasteiger partial charge in [-0.1, -0.05) is 0 Å². The van der Waals surface area contributed by atoms with E-state index < -0.39 is 0 Å². The average molecular weight is 194 g/mol. The lowest BCUT2D eigenvalue weighted by Crippen LogP contribution is -2.07. The molecule has 0 heterocycles. The van der Waals surface area contributed by atoms with Crippen LogP contribution in [0, 0.1) is 5.18 Å². The molecule has 1 nitrogen and oxygen atoms in total. The van der Waals surface area contributed by atoms with Gasteiger partial charge in [-0.3, -0.25) is 5.18 Å². The summed E-state index contributed by atoms with van der Waals surface area (Å²) in [6, 6.07) is 8.47. The first-order chi connectivity index (χ1) is 6.09. The lowest BCUT2D eigenvalue weighted by Gasteiger charge is -2.12. The molecule has 0 aromatic heterocycles. The Morgan fingerprint density at radius 2 is 1.62 bits per heavy atom. The van der Waals surface area contributed by atoms with E-state index in [0.29, 0.717) is 0 Å². The molecule has 0 spiro atoms. The average Bonchev–Trinajstić information content (AvgIpc) is 2.04. The third kappa shape index (κ3) is 3.17. The molecule has 0 fully saturated rings. The fourth-order valence-corrected chi connectivity index (χ4v) is 1.67. The SMILES string of the molecule is CN(C)c1ccc(C#[S-](C)C)cc1. The van der Waals surface area contributed by atoms with Crippen molar-refractivity contribution in [1.29, 1.82) is 0 Å². The summed E-state index contributed by atoms with van der Waals surface area (Å²) in [5.74, 6) is 0. The molecule has 1 rings (SSSR count). The summed E-state index contributed by atoms with van der Waals surface area (Å²) >= 11 is 0. The number of rotatable bonds is 1. The van der Waals surface area contributed by atoms with Crippen LogP contribution >= 0.6 is 0 Å². The van der Waals surface area contributed by atoms with Crippen molar-refractivity contribution >= 4 is 16.0 Å². The molecule has 0 saturated carbocycles. The van der Waals surface area contributed by atoms with Gasteiger partial charge in [-0.25, -0.2) is 0 Å². The van der Waals surface area contributed by atoms with Crippen LogP contribution in [0.4, 0.5) is 5.69 Å². The van der Waals surface area contributed by atoms with Gasteiger partial charge in [0.25, 0.3) is 0 Å². The Morgan fingerprint density at radius 3 is 2.00 bits per heavy atom. The van der Waals surface area contributed by atoms with Gasteiger partial charge in [-0.05, 0) is 29.8 Å². The third-order valence-corrected chi connectivity index (χ3v) is 2.35. The number of benzene rings is 1. The predicted octanol–water partition coefficient (Wildman–Crippen LogP) is 1.94. The Morgan fingerprint density at radius 1 is 1.08 bits per heavy atom. The lowest BCUT2D eigenvalue weighted by atomic mass is 10.2. The van der Waals surface area contributed by atoms with Gasteiger partial charge in [-0.2, -0.15) is 0 Å². The molecular formula is C11H16NS-. The second kappa shape index (κ2) is 4.40. The Balaban J connectivity index is 2.94. The molecule has 13 heavy (non-hydrogen) atoms. The molecule has 0 atom stereocenters. The van der Waals surface area contributed by atoms with Crippen LogP contribution < -0.4 is 4.90 Å². The van der Waals surface area contributed by atoms with Gasteiger partial charge < -0.3 is 15.2 Å². The summed E-state index contributed by atoms with van der Waals surface area (Å²) in [5.41, 5.74) is 2.43. The first-order valence-electron chi connectivity index (χ1n) is 4.21. The lowest BCUT2D eigenvalue weighted by molar-refractivity contribution is 1.13. The van der Waals surface area contributed by atoms with Crippen molar-refractivity contribution < 1.29 is 0 Å². The quantitative estimate of drug-likeness (QED) is 0.618. The highest BCUT2D eigenvalue weighted by molar-refractivity contribution is 7.85. The zero-order chi connectivity index (χ0) is 9.84. The highest BCUT2D eigenvalue weighted by Gasteiger charge is 1.91. The van der Waals surface area contributed by atoms with Gasteiger partial charge in [0.2, 0.25) is 0 Å². The molecule has 0 bridgehead atoms. The fraction of sp³-hybridized carbons (Fsp3) is 0.364. The molecule has 0 aliphatic heterocycles. The van der Waals surface area contributed by atoms with E-state index in [-0.39, 0.29) is 10.3 Å². The van der Waals surface area contributed by atoms with E-state index >= 15 is 0 Å². The molecule has 0 N–H and O–H groups in total. The van der Waals surface area contributed by atoms with Crippen LogP contribution in [0.15, 0.2) is 24.3 Å². The summed E-state index contributed by atoms with van der Waals surface area (Å²) in [6.07, 6.45) is 4.33. The van der Waals surface area contributed by atoms with Gasteiger partial charge >= 0.3 is 0 Å². The minimum atomic E-state index is 0.253. The number of hydrogen-bond donors (Lipinski definition) is 0. The molecule has 0 aliphatic rings. The van der Waals surface area contributed by atoms with Crippen LogP contribution in [0.5, 0.6) is 0 Å². The second-order valence-electron chi connectivity index (χ2n) is 3.36. The minimum absolute atomic E-state index is 0.253. The van der Waals surface area contributed by atoms with E-state index in [0.717, 1.165) is 0 Å². The molecule has 72 valence electrons. The maximum atomic E-state index is 3.38. The Kier molecular flexibility index (Phi) is 3.47. The van der Waals surface area contributed by atoms with Crippen LogP contribution in [-0.2, 0) is 10.3 Å². The maximum Gasteiger partial charge on any atom is 0.0361 e. The normalized spacial score (nSPS) is 9.92. The smallest absolute Gasteiger partial charge is 0.0361 e. The van der Waals surface area contributed by atoms with Crippen molar-refractivity contribution in [3.8, 4) is 5.18 Å². The summed E-state index contributed by atoms with van der Waals surface area (Å²) in [7, 11) is 4.35. The zero-order valence-electron chi connectivity index (χ0n) is 8.66. The van der Waals surface area contributed by atoms with Crippen molar-refractivity contribution in [3.63, 3.8) is 0 Å². The standard InChI is InChI=1S/C11H16NS/c1-12(2)11-7-5-10(6-8-11)9-13(3)4/h5-8H,1-4H3/q-1. The fourth-order valence-electron chi connectivity index (χ4n) is 1.06. The maximum absolute atomic E-state index is 3.38. The van der Waals surface area contributed by atoms with Crippen LogP contribution in [0.1, 0.15) is 5.56 Å².